The van der Waals surface area contributed by atoms with Crippen LogP contribution in [0, 0.1) is 6.92 Å². The Hall–Kier alpha value is -3.39. The summed E-state index contributed by atoms with van der Waals surface area (Å²) in [5.74, 6) is -0.469. The number of primary amides is 1. The van der Waals surface area contributed by atoms with Gasteiger partial charge in [-0.05, 0) is 57.2 Å². The summed E-state index contributed by atoms with van der Waals surface area (Å²) in [6, 6.07) is 7.00. The molecule has 0 radical (unpaired) electrons. The number of hydrogen-bond acceptors (Lipinski definition) is 4. The highest BCUT2D eigenvalue weighted by atomic mass is 16.2. The minimum atomic E-state index is -0.469. The van der Waals surface area contributed by atoms with Crippen molar-refractivity contribution in [1.82, 2.24) is 19.6 Å². The molecule has 4 N–H and O–H groups in total. The van der Waals surface area contributed by atoms with E-state index in [9.17, 15) is 9.59 Å². The molecule has 0 aliphatic carbocycles. The second-order valence-electron chi connectivity index (χ2n) is 7.18. The van der Waals surface area contributed by atoms with E-state index in [4.69, 9.17) is 5.73 Å². The van der Waals surface area contributed by atoms with Gasteiger partial charge in [-0.3, -0.25) is 4.79 Å². The topological polar surface area (TPSA) is 105 Å². The number of urea groups is 1. The molecule has 3 rings (SSSR count). The van der Waals surface area contributed by atoms with Gasteiger partial charge in [0.1, 0.15) is 0 Å². The van der Waals surface area contributed by atoms with Gasteiger partial charge in [0.05, 0.1) is 5.69 Å². The van der Waals surface area contributed by atoms with Crippen LogP contribution in [0.15, 0.2) is 42.9 Å². The normalized spacial score (nSPS) is 11.0. The molecule has 3 amide bonds. The molecule has 0 fully saturated rings. The lowest BCUT2D eigenvalue weighted by Crippen LogP contribution is -2.31. The first-order chi connectivity index (χ1) is 13.9. The molecule has 29 heavy (non-hydrogen) atoms. The van der Waals surface area contributed by atoms with Crippen molar-refractivity contribution in [3.8, 4) is 11.1 Å². The van der Waals surface area contributed by atoms with Crippen molar-refractivity contribution in [2.45, 2.75) is 13.3 Å². The van der Waals surface area contributed by atoms with Crippen LogP contribution in [0.25, 0.3) is 16.8 Å². The summed E-state index contributed by atoms with van der Waals surface area (Å²) in [4.78, 5) is 30.4. The first-order valence-electron chi connectivity index (χ1n) is 9.43. The van der Waals surface area contributed by atoms with Gasteiger partial charge >= 0.3 is 6.03 Å². The molecule has 8 heteroatoms. The summed E-state index contributed by atoms with van der Waals surface area (Å²) in [5.41, 5.74) is 9.69. The molecule has 0 saturated heterocycles. The molecule has 0 unspecified atom stereocenters. The van der Waals surface area contributed by atoms with Crippen LogP contribution in [-0.4, -0.2) is 53.4 Å². The lowest BCUT2D eigenvalue weighted by molar-refractivity contribution is 0.0999. The zero-order valence-corrected chi connectivity index (χ0v) is 16.9. The fourth-order valence-electron chi connectivity index (χ4n) is 3.25. The molecule has 2 aromatic heterocycles. The van der Waals surface area contributed by atoms with Gasteiger partial charge in [-0.1, -0.05) is 12.1 Å². The maximum atomic E-state index is 12.3. The highest BCUT2D eigenvalue weighted by molar-refractivity contribution is 5.97. The molecule has 0 aliphatic heterocycles. The molecule has 0 spiro atoms. The van der Waals surface area contributed by atoms with Gasteiger partial charge in [0.2, 0.25) is 5.91 Å². The summed E-state index contributed by atoms with van der Waals surface area (Å²) in [7, 11) is 3.99. The molecule has 0 bridgehead atoms. The summed E-state index contributed by atoms with van der Waals surface area (Å²) in [6.07, 6.45) is 6.26. The number of rotatable bonds is 7. The van der Waals surface area contributed by atoms with E-state index in [-0.39, 0.29) is 6.03 Å². The van der Waals surface area contributed by atoms with Gasteiger partial charge in [-0.2, -0.15) is 0 Å². The number of nitrogens with one attached hydrogen (secondary N) is 2. The zero-order valence-electron chi connectivity index (χ0n) is 16.9. The van der Waals surface area contributed by atoms with Crippen LogP contribution >= 0.6 is 0 Å². The van der Waals surface area contributed by atoms with Crippen LogP contribution in [0.4, 0.5) is 10.5 Å². The monoisotopic (exact) mass is 394 g/mol. The third-order valence-electron chi connectivity index (χ3n) is 4.71. The van der Waals surface area contributed by atoms with Crippen molar-refractivity contribution in [3.63, 3.8) is 0 Å². The van der Waals surface area contributed by atoms with E-state index in [0.717, 1.165) is 29.7 Å². The molecule has 2 heterocycles. The number of hydrogen-bond donors (Lipinski definition) is 3. The molecule has 0 atom stereocenters. The second kappa shape index (κ2) is 8.74. The number of pyridine rings is 1. The quantitative estimate of drug-likeness (QED) is 0.536. The summed E-state index contributed by atoms with van der Waals surface area (Å²) >= 11 is 0. The van der Waals surface area contributed by atoms with E-state index >= 15 is 0 Å². The average Bonchev–Trinajstić information content (AvgIpc) is 3.14. The molecule has 3 aromatic rings. The minimum Gasteiger partial charge on any atom is -0.366 e. The second-order valence-corrected chi connectivity index (χ2v) is 7.18. The molecule has 0 saturated carbocycles. The zero-order chi connectivity index (χ0) is 21.0. The predicted octanol–water partition coefficient (Wildman–Crippen LogP) is 2.48. The Morgan fingerprint density at radius 2 is 2.07 bits per heavy atom. The lowest BCUT2D eigenvalue weighted by atomic mass is 9.97. The van der Waals surface area contributed by atoms with Gasteiger partial charge in [0.15, 0.2) is 5.65 Å². The Bertz CT molecular complexity index is 1040. The van der Waals surface area contributed by atoms with Gasteiger partial charge in [0, 0.05) is 36.3 Å². The summed E-state index contributed by atoms with van der Waals surface area (Å²) < 4.78 is 1.84. The number of anilines is 1. The third kappa shape index (κ3) is 4.72. The van der Waals surface area contributed by atoms with E-state index in [2.05, 4.69) is 20.5 Å². The number of amides is 3. The highest BCUT2D eigenvalue weighted by Gasteiger charge is 2.14. The van der Waals surface area contributed by atoms with Crippen molar-refractivity contribution in [2.24, 2.45) is 5.73 Å². The van der Waals surface area contributed by atoms with Crippen LogP contribution in [0.3, 0.4) is 0 Å². The molecule has 152 valence electrons. The van der Waals surface area contributed by atoms with E-state index in [0.29, 0.717) is 23.4 Å². The number of nitrogens with two attached hydrogens (primary N) is 1. The maximum Gasteiger partial charge on any atom is 0.319 e. The highest BCUT2D eigenvalue weighted by Crippen LogP contribution is 2.29. The number of carbonyl (C=O) groups excluding carboxylic acids is 2. The van der Waals surface area contributed by atoms with Crippen molar-refractivity contribution in [2.75, 3.05) is 32.5 Å². The molecule has 0 aliphatic rings. The van der Waals surface area contributed by atoms with E-state index in [1.54, 1.807) is 18.3 Å². The van der Waals surface area contributed by atoms with Crippen molar-refractivity contribution in [3.05, 3.63) is 54.0 Å². The number of fused-ring (bicyclic) bond motifs is 1. The third-order valence-corrected chi connectivity index (χ3v) is 4.71. The molecule has 8 nitrogen and oxygen atoms in total. The molecule has 1 aromatic carbocycles. The number of aromatic nitrogens is 2. The minimum absolute atomic E-state index is 0.284. The first kappa shape index (κ1) is 20.3. The smallest absolute Gasteiger partial charge is 0.319 e. The van der Waals surface area contributed by atoms with E-state index < -0.39 is 5.91 Å². The van der Waals surface area contributed by atoms with Crippen LogP contribution in [-0.2, 0) is 0 Å². The van der Waals surface area contributed by atoms with Crippen LogP contribution in [0.1, 0.15) is 22.3 Å². The number of nitrogens with zero attached hydrogens (tertiary/aromatic N) is 3. The van der Waals surface area contributed by atoms with Crippen molar-refractivity contribution in [1.29, 1.82) is 0 Å². The largest absolute Gasteiger partial charge is 0.366 e. The van der Waals surface area contributed by atoms with Crippen LogP contribution < -0.4 is 16.4 Å². The number of carbonyl (C=O) groups is 2. The fourth-order valence-corrected chi connectivity index (χ4v) is 3.25. The average molecular weight is 394 g/mol. The maximum absolute atomic E-state index is 12.3. The van der Waals surface area contributed by atoms with Crippen LogP contribution in [0.5, 0.6) is 0 Å². The Labute approximate surface area is 169 Å². The van der Waals surface area contributed by atoms with Gasteiger partial charge < -0.3 is 25.7 Å². The SMILES string of the molecule is Cc1c(C(N)=O)cccc1-c1cc(NC(=O)NCCCN(C)C)c2nccn2c1. The van der Waals surface area contributed by atoms with Crippen molar-refractivity contribution >= 4 is 23.3 Å². The van der Waals surface area contributed by atoms with Gasteiger partial charge in [0.25, 0.3) is 0 Å². The Kier molecular flexibility index (Phi) is 6.13. The summed E-state index contributed by atoms with van der Waals surface area (Å²) in [6.45, 7) is 3.34. The molecular formula is C21H26N6O2. The first-order valence-corrected chi connectivity index (χ1v) is 9.43. The van der Waals surface area contributed by atoms with Gasteiger partial charge in [-0.15, -0.1) is 0 Å². The summed E-state index contributed by atoms with van der Waals surface area (Å²) in [5, 5.41) is 5.75. The van der Waals surface area contributed by atoms with E-state index in [1.807, 2.05) is 49.9 Å². The Morgan fingerprint density at radius 3 is 2.79 bits per heavy atom. The fraction of sp³-hybridized carbons (Fsp3) is 0.286. The van der Waals surface area contributed by atoms with Crippen molar-refractivity contribution < 1.29 is 9.59 Å². The standard InChI is InChI=1S/C21H26N6O2/c1-14-16(6-4-7-17(14)19(22)28)15-12-18(20-23-9-11-27(20)13-15)25-21(29)24-8-5-10-26(2)3/h4,6-7,9,11-13H,5,8,10H2,1-3H3,(H2,22,28)(H2,24,25,29). The lowest BCUT2D eigenvalue weighted by Gasteiger charge is -2.14. The Balaban J connectivity index is 1.88. The Morgan fingerprint density at radius 1 is 1.28 bits per heavy atom. The van der Waals surface area contributed by atoms with Gasteiger partial charge in [-0.25, -0.2) is 9.78 Å². The van der Waals surface area contributed by atoms with E-state index in [1.165, 1.54) is 0 Å². The van der Waals surface area contributed by atoms with Crippen LogP contribution in [0.2, 0.25) is 0 Å². The number of imidazole rings is 1. The molecular weight excluding hydrogens is 368 g/mol. The number of benzene rings is 1. The predicted molar refractivity (Wildman–Crippen MR) is 114 cm³/mol.